The highest BCUT2D eigenvalue weighted by atomic mass is 16.2. The second-order valence-corrected chi connectivity index (χ2v) is 11.5. The first-order valence-electron chi connectivity index (χ1n) is 13.8. The summed E-state index contributed by atoms with van der Waals surface area (Å²) in [7, 11) is 1.68. The van der Waals surface area contributed by atoms with E-state index in [0.29, 0.717) is 23.9 Å². The SMILES string of the molecule is CN(C(=O)c1cnn(C2CCCCC2)c1)[C@@H](CC1CC1)C(=O)N1C[C@]2(C[C@H]1C#N)C(=O)Nc1ccccc12. The zero-order chi connectivity index (χ0) is 26.4. The largest absolute Gasteiger partial charge is 0.330 e. The Hall–Kier alpha value is -3.67. The van der Waals surface area contributed by atoms with Crippen LogP contribution in [0.4, 0.5) is 5.69 Å². The van der Waals surface area contributed by atoms with E-state index >= 15 is 0 Å². The lowest BCUT2D eigenvalue weighted by Gasteiger charge is -2.32. The van der Waals surface area contributed by atoms with E-state index in [9.17, 15) is 19.6 Å². The van der Waals surface area contributed by atoms with Crippen molar-refractivity contribution in [3.8, 4) is 6.07 Å². The molecule has 2 aromatic rings. The molecule has 1 spiro atoms. The predicted octanol–water partition coefficient (Wildman–Crippen LogP) is 3.64. The second-order valence-electron chi connectivity index (χ2n) is 11.5. The van der Waals surface area contributed by atoms with Gasteiger partial charge in [0.25, 0.3) is 5.91 Å². The van der Waals surface area contributed by atoms with Gasteiger partial charge in [-0.3, -0.25) is 19.1 Å². The lowest BCUT2D eigenvalue weighted by atomic mass is 9.80. The molecule has 2 saturated carbocycles. The number of nitrogens with zero attached hydrogens (tertiary/aromatic N) is 5. The molecule has 1 N–H and O–H groups in total. The third-order valence-corrected chi connectivity index (χ3v) is 9.04. The number of likely N-dealkylation sites (N-methyl/N-ethyl adjacent to an activating group) is 1. The van der Waals surface area contributed by atoms with Gasteiger partial charge in [0.1, 0.15) is 12.1 Å². The average Bonchev–Trinajstić information content (AvgIpc) is 3.37. The molecular formula is C29H34N6O3. The van der Waals surface area contributed by atoms with Gasteiger partial charge in [0.05, 0.1) is 29.3 Å². The number of benzene rings is 1. The van der Waals surface area contributed by atoms with Gasteiger partial charge in [0.15, 0.2) is 0 Å². The summed E-state index contributed by atoms with van der Waals surface area (Å²) in [5.41, 5.74) is 1.10. The van der Waals surface area contributed by atoms with Crippen LogP contribution in [0.3, 0.4) is 0 Å². The minimum Gasteiger partial charge on any atom is -0.330 e. The number of likely N-dealkylation sites (tertiary alicyclic amines) is 1. The standard InChI is InChI=1S/C29H34N6O3/c1-33(26(36)20-16-31-35(17-20)21-7-3-2-4-8-21)25(13-19-11-12-19)27(37)34-18-29(14-22(34)15-30)23-9-5-6-10-24(23)32-28(29)38/h5-6,9-10,16-17,19,21-22,25H,2-4,7-8,11-14,18H2,1H3,(H,32,38)/t22-,25-,29-/m0/s1. The van der Waals surface area contributed by atoms with Gasteiger partial charge in [-0.1, -0.05) is 50.3 Å². The number of fused-ring (bicyclic) bond motifs is 2. The van der Waals surface area contributed by atoms with E-state index in [0.717, 1.165) is 36.9 Å². The second kappa shape index (κ2) is 9.57. The third-order valence-electron chi connectivity index (χ3n) is 9.04. The van der Waals surface area contributed by atoms with Crippen LogP contribution in [-0.2, 0) is 15.0 Å². The number of rotatable bonds is 6. The van der Waals surface area contributed by atoms with Crippen LogP contribution in [0.25, 0.3) is 0 Å². The molecule has 38 heavy (non-hydrogen) atoms. The molecular weight excluding hydrogens is 480 g/mol. The van der Waals surface area contributed by atoms with Crippen molar-refractivity contribution >= 4 is 23.4 Å². The summed E-state index contributed by atoms with van der Waals surface area (Å²) in [6, 6.07) is 8.64. The van der Waals surface area contributed by atoms with Crippen molar-refractivity contribution in [3.63, 3.8) is 0 Å². The third kappa shape index (κ3) is 4.16. The van der Waals surface area contributed by atoms with Crippen LogP contribution in [-0.4, -0.2) is 63.0 Å². The van der Waals surface area contributed by atoms with Gasteiger partial charge in [-0.05, 0) is 36.8 Å². The van der Waals surface area contributed by atoms with Crippen molar-refractivity contribution in [3.05, 3.63) is 47.8 Å². The molecule has 9 nitrogen and oxygen atoms in total. The molecule has 0 radical (unpaired) electrons. The summed E-state index contributed by atoms with van der Waals surface area (Å²) >= 11 is 0. The fourth-order valence-electron chi connectivity index (χ4n) is 6.61. The Bertz CT molecular complexity index is 1300. The zero-order valence-electron chi connectivity index (χ0n) is 21.8. The molecule has 1 aromatic heterocycles. The van der Waals surface area contributed by atoms with Crippen molar-refractivity contribution in [2.75, 3.05) is 18.9 Å². The Kier molecular flexibility index (Phi) is 6.21. The highest BCUT2D eigenvalue weighted by Gasteiger charge is 2.57. The molecule has 0 bridgehead atoms. The Morgan fingerprint density at radius 3 is 2.71 bits per heavy atom. The normalized spacial score (nSPS) is 25.6. The lowest BCUT2D eigenvalue weighted by Crippen LogP contribution is -2.51. The highest BCUT2D eigenvalue weighted by Crippen LogP contribution is 2.47. The summed E-state index contributed by atoms with van der Waals surface area (Å²) in [5.74, 6) is -0.283. The molecule has 1 aromatic carbocycles. The number of aromatic nitrogens is 2. The number of amides is 3. The van der Waals surface area contributed by atoms with Crippen LogP contribution in [0.2, 0.25) is 0 Å². The first-order chi connectivity index (χ1) is 18.4. The van der Waals surface area contributed by atoms with Crippen molar-refractivity contribution in [1.29, 1.82) is 5.26 Å². The fraction of sp³-hybridized carbons (Fsp3) is 0.552. The summed E-state index contributed by atoms with van der Waals surface area (Å²) in [6.07, 6.45) is 12.0. The molecule has 4 aliphatic rings. The first-order valence-corrected chi connectivity index (χ1v) is 13.8. The van der Waals surface area contributed by atoms with E-state index in [1.165, 1.54) is 24.2 Å². The van der Waals surface area contributed by atoms with Gasteiger partial charge in [-0.15, -0.1) is 0 Å². The fourth-order valence-corrected chi connectivity index (χ4v) is 6.61. The van der Waals surface area contributed by atoms with E-state index in [-0.39, 0.29) is 30.7 Å². The average molecular weight is 515 g/mol. The maximum atomic E-state index is 14.1. The first kappa shape index (κ1) is 24.7. The molecule has 3 fully saturated rings. The monoisotopic (exact) mass is 514 g/mol. The van der Waals surface area contributed by atoms with Crippen molar-refractivity contribution < 1.29 is 14.4 Å². The topological polar surface area (TPSA) is 111 Å². The Labute approximate surface area is 222 Å². The summed E-state index contributed by atoms with van der Waals surface area (Å²) in [6.45, 7) is 0.135. The molecule has 6 rings (SSSR count). The van der Waals surface area contributed by atoms with Gasteiger partial charge in [0.2, 0.25) is 11.8 Å². The number of nitrogens with one attached hydrogen (secondary N) is 1. The van der Waals surface area contributed by atoms with Crippen molar-refractivity contribution in [2.45, 2.75) is 81.3 Å². The zero-order valence-corrected chi connectivity index (χ0v) is 21.8. The molecule has 9 heteroatoms. The minimum absolute atomic E-state index is 0.135. The molecule has 3 atom stereocenters. The number of carbonyl (C=O) groups excluding carboxylic acids is 3. The number of anilines is 1. The number of hydrogen-bond donors (Lipinski definition) is 1. The molecule has 3 heterocycles. The predicted molar refractivity (Wildman–Crippen MR) is 140 cm³/mol. The molecule has 1 saturated heterocycles. The van der Waals surface area contributed by atoms with E-state index in [1.807, 2.05) is 35.1 Å². The van der Waals surface area contributed by atoms with E-state index in [2.05, 4.69) is 16.5 Å². The van der Waals surface area contributed by atoms with Crippen molar-refractivity contribution in [1.82, 2.24) is 19.6 Å². The smallest absolute Gasteiger partial charge is 0.257 e. The van der Waals surface area contributed by atoms with Crippen LogP contribution >= 0.6 is 0 Å². The van der Waals surface area contributed by atoms with E-state index < -0.39 is 17.5 Å². The van der Waals surface area contributed by atoms with Gasteiger partial charge in [-0.2, -0.15) is 10.4 Å². The summed E-state index contributed by atoms with van der Waals surface area (Å²) < 4.78 is 1.91. The van der Waals surface area contributed by atoms with E-state index in [1.54, 1.807) is 18.1 Å². The van der Waals surface area contributed by atoms with E-state index in [4.69, 9.17) is 0 Å². The van der Waals surface area contributed by atoms with Crippen LogP contribution in [0.5, 0.6) is 0 Å². The van der Waals surface area contributed by atoms with Gasteiger partial charge in [0, 0.05) is 31.9 Å². The number of hydrogen-bond acceptors (Lipinski definition) is 5. The van der Waals surface area contributed by atoms with Crippen LogP contribution in [0.1, 0.15) is 79.8 Å². The van der Waals surface area contributed by atoms with Crippen molar-refractivity contribution in [2.24, 2.45) is 5.92 Å². The summed E-state index contributed by atoms with van der Waals surface area (Å²) in [4.78, 5) is 43.9. The van der Waals surface area contributed by atoms with Crippen LogP contribution < -0.4 is 5.32 Å². The molecule has 2 aliphatic heterocycles. The highest BCUT2D eigenvalue weighted by molar-refractivity contribution is 6.07. The lowest BCUT2D eigenvalue weighted by molar-refractivity contribution is -0.136. The molecule has 2 aliphatic carbocycles. The number of para-hydroxylation sites is 1. The Morgan fingerprint density at radius 1 is 1.21 bits per heavy atom. The Balaban J connectivity index is 1.25. The van der Waals surface area contributed by atoms with Crippen LogP contribution in [0.15, 0.2) is 36.7 Å². The minimum atomic E-state index is -0.944. The number of nitriles is 1. The van der Waals surface area contributed by atoms with Gasteiger partial charge >= 0.3 is 0 Å². The maximum Gasteiger partial charge on any atom is 0.257 e. The maximum absolute atomic E-state index is 14.1. The van der Waals surface area contributed by atoms with Gasteiger partial charge < -0.3 is 15.1 Å². The quantitative estimate of drug-likeness (QED) is 0.633. The molecule has 0 unspecified atom stereocenters. The summed E-state index contributed by atoms with van der Waals surface area (Å²) in [5, 5.41) is 17.4. The number of carbonyl (C=O) groups is 3. The molecule has 198 valence electrons. The van der Waals surface area contributed by atoms with Crippen LogP contribution in [0, 0.1) is 17.2 Å². The van der Waals surface area contributed by atoms with Gasteiger partial charge in [-0.25, -0.2) is 0 Å². The Morgan fingerprint density at radius 2 is 1.97 bits per heavy atom. The molecule has 3 amide bonds.